The van der Waals surface area contributed by atoms with Crippen molar-refractivity contribution in [3.63, 3.8) is 0 Å². The van der Waals surface area contributed by atoms with E-state index in [4.69, 9.17) is 4.74 Å². The molecule has 5 nitrogen and oxygen atoms in total. The fraction of sp³-hybridized carbons (Fsp3) is 0.455. The zero-order valence-corrected chi connectivity index (χ0v) is 11.2. The molecular weight excluding hydrogens is 244 g/mol. The lowest BCUT2D eigenvalue weighted by Crippen LogP contribution is -3.00. The highest BCUT2D eigenvalue weighted by atomic mass is 35.5. The van der Waals surface area contributed by atoms with Gasteiger partial charge in [0.1, 0.15) is 6.54 Å². The number of nitro groups is 1. The number of benzene rings is 1. The van der Waals surface area contributed by atoms with Crippen molar-refractivity contribution in [2.24, 2.45) is 0 Å². The van der Waals surface area contributed by atoms with Crippen molar-refractivity contribution in [1.29, 1.82) is 0 Å². The molecule has 0 fully saturated rings. The second kappa shape index (κ2) is 5.84. The summed E-state index contributed by atoms with van der Waals surface area (Å²) in [4.78, 5) is 10.4. The molecule has 1 rings (SSSR count). The number of ether oxygens (including phenoxy) is 1. The van der Waals surface area contributed by atoms with Gasteiger partial charge < -0.3 is 21.6 Å². The number of hydrogen-bond donors (Lipinski definition) is 0. The van der Waals surface area contributed by atoms with Crippen LogP contribution in [0.15, 0.2) is 18.2 Å². The van der Waals surface area contributed by atoms with Crippen LogP contribution in [-0.4, -0.2) is 37.7 Å². The summed E-state index contributed by atoms with van der Waals surface area (Å²) >= 11 is 0. The van der Waals surface area contributed by atoms with Gasteiger partial charge in [0.2, 0.25) is 0 Å². The van der Waals surface area contributed by atoms with Crippen LogP contribution >= 0.6 is 0 Å². The molecule has 0 unspecified atom stereocenters. The maximum absolute atomic E-state index is 10.8. The molecule has 0 saturated carbocycles. The van der Waals surface area contributed by atoms with Crippen LogP contribution < -0.4 is 17.1 Å². The molecule has 0 aliphatic carbocycles. The second-order valence-corrected chi connectivity index (χ2v) is 4.71. The fourth-order valence-electron chi connectivity index (χ4n) is 1.52. The molecule has 0 aliphatic heterocycles. The number of methoxy groups -OCH3 is 1. The van der Waals surface area contributed by atoms with Gasteiger partial charge in [-0.05, 0) is 12.1 Å². The summed E-state index contributed by atoms with van der Waals surface area (Å²) in [5.41, 5.74) is 0.952. The lowest BCUT2D eigenvalue weighted by Gasteiger charge is -2.23. The molecule has 0 amide bonds. The summed E-state index contributed by atoms with van der Waals surface area (Å²) < 4.78 is 5.67. The summed E-state index contributed by atoms with van der Waals surface area (Å²) in [5.74, 6) is 0.301. The Morgan fingerprint density at radius 3 is 2.35 bits per heavy atom. The van der Waals surface area contributed by atoms with Gasteiger partial charge >= 0.3 is 5.69 Å². The van der Waals surface area contributed by atoms with Gasteiger partial charge in [-0.3, -0.25) is 10.1 Å². The Hall–Kier alpha value is -1.33. The monoisotopic (exact) mass is 260 g/mol. The van der Waals surface area contributed by atoms with Crippen LogP contribution in [0.5, 0.6) is 5.75 Å². The van der Waals surface area contributed by atoms with Gasteiger partial charge in [-0.25, -0.2) is 0 Å². The van der Waals surface area contributed by atoms with Crippen molar-refractivity contribution < 1.29 is 26.6 Å². The van der Waals surface area contributed by atoms with Crippen LogP contribution in [0.1, 0.15) is 5.56 Å². The van der Waals surface area contributed by atoms with E-state index in [1.807, 2.05) is 27.2 Å². The zero-order chi connectivity index (χ0) is 12.3. The fourth-order valence-corrected chi connectivity index (χ4v) is 1.52. The molecule has 96 valence electrons. The molecule has 0 aliphatic rings. The van der Waals surface area contributed by atoms with Crippen LogP contribution in [0.2, 0.25) is 0 Å². The Balaban J connectivity index is 0.00000256. The largest absolute Gasteiger partial charge is 1.00 e. The van der Waals surface area contributed by atoms with Crippen LogP contribution in [0, 0.1) is 10.1 Å². The molecule has 6 heteroatoms. The summed E-state index contributed by atoms with van der Waals surface area (Å²) in [5, 5.41) is 10.8. The quantitative estimate of drug-likeness (QED) is 0.389. The number of hydrogen-bond acceptors (Lipinski definition) is 3. The maximum atomic E-state index is 10.8. The predicted molar refractivity (Wildman–Crippen MR) is 61.4 cm³/mol. The van der Waals surface area contributed by atoms with E-state index < -0.39 is 4.92 Å². The van der Waals surface area contributed by atoms with Crippen LogP contribution in [0.4, 0.5) is 5.69 Å². The lowest BCUT2D eigenvalue weighted by atomic mass is 10.1. The average molecular weight is 261 g/mol. The van der Waals surface area contributed by atoms with E-state index >= 15 is 0 Å². The van der Waals surface area contributed by atoms with Gasteiger partial charge in [-0.1, -0.05) is 0 Å². The topological polar surface area (TPSA) is 52.4 Å². The van der Waals surface area contributed by atoms with E-state index in [2.05, 4.69) is 0 Å². The minimum Gasteiger partial charge on any atom is -1.00 e. The first-order valence-corrected chi connectivity index (χ1v) is 4.95. The normalized spacial score (nSPS) is 10.6. The van der Waals surface area contributed by atoms with Crippen molar-refractivity contribution in [2.45, 2.75) is 6.54 Å². The molecular formula is C11H17ClN2O3. The van der Waals surface area contributed by atoms with Crippen molar-refractivity contribution >= 4 is 5.69 Å². The van der Waals surface area contributed by atoms with Crippen LogP contribution in [0.3, 0.4) is 0 Å². The molecule has 0 heterocycles. The molecule has 0 aromatic heterocycles. The summed E-state index contributed by atoms with van der Waals surface area (Å²) in [7, 11) is 7.55. The number of halogens is 1. The average Bonchev–Trinajstić information content (AvgIpc) is 2.15. The molecule has 0 atom stereocenters. The smallest absolute Gasteiger partial charge is 0.311 e. The number of nitrogens with zero attached hydrogens (tertiary/aromatic N) is 2. The first-order chi connectivity index (χ1) is 7.33. The van der Waals surface area contributed by atoms with Crippen LogP contribution in [-0.2, 0) is 6.54 Å². The summed E-state index contributed by atoms with van der Waals surface area (Å²) in [6.07, 6.45) is 0. The van der Waals surface area contributed by atoms with E-state index in [-0.39, 0.29) is 18.1 Å². The molecule has 1 aromatic rings. The third-order valence-corrected chi connectivity index (χ3v) is 2.10. The van der Waals surface area contributed by atoms with Crippen molar-refractivity contribution in [3.05, 3.63) is 33.9 Å². The van der Waals surface area contributed by atoms with Gasteiger partial charge in [0, 0.05) is 11.6 Å². The second-order valence-electron chi connectivity index (χ2n) is 4.71. The van der Waals surface area contributed by atoms with Gasteiger partial charge in [0.05, 0.1) is 33.2 Å². The molecule has 17 heavy (non-hydrogen) atoms. The van der Waals surface area contributed by atoms with E-state index in [1.165, 1.54) is 7.11 Å². The highest BCUT2D eigenvalue weighted by molar-refractivity contribution is 5.48. The highest BCUT2D eigenvalue weighted by Gasteiger charge is 2.17. The molecule has 0 radical (unpaired) electrons. The van der Waals surface area contributed by atoms with E-state index in [0.29, 0.717) is 5.75 Å². The minimum absolute atomic E-state index is 0. The summed E-state index contributed by atoms with van der Waals surface area (Å²) in [6, 6.07) is 5.07. The molecule has 0 bridgehead atoms. The number of nitro benzene ring substituents is 1. The predicted octanol–water partition coefficient (Wildman–Crippen LogP) is -1.19. The molecule has 0 N–H and O–H groups in total. The molecule has 0 spiro atoms. The van der Waals surface area contributed by atoms with E-state index in [1.54, 1.807) is 12.1 Å². The van der Waals surface area contributed by atoms with E-state index in [0.717, 1.165) is 16.6 Å². The van der Waals surface area contributed by atoms with Crippen molar-refractivity contribution in [3.8, 4) is 5.75 Å². The Labute approximate surface area is 107 Å². The number of quaternary nitrogens is 1. The Morgan fingerprint density at radius 1 is 1.35 bits per heavy atom. The zero-order valence-electron chi connectivity index (χ0n) is 10.4. The summed E-state index contributed by atoms with van der Waals surface area (Å²) in [6.45, 7) is 0.741. The molecule has 0 saturated heterocycles. The van der Waals surface area contributed by atoms with Gasteiger partial charge in [0.25, 0.3) is 0 Å². The minimum atomic E-state index is -0.419. The third-order valence-electron chi connectivity index (χ3n) is 2.10. The Kier molecular flexibility index (Phi) is 5.38. The number of rotatable bonds is 4. The Morgan fingerprint density at radius 2 is 1.94 bits per heavy atom. The first-order valence-electron chi connectivity index (χ1n) is 4.95. The van der Waals surface area contributed by atoms with E-state index in [9.17, 15) is 10.1 Å². The highest BCUT2D eigenvalue weighted by Crippen LogP contribution is 2.28. The van der Waals surface area contributed by atoms with Crippen molar-refractivity contribution in [2.75, 3.05) is 28.3 Å². The maximum Gasteiger partial charge on any atom is 0.311 e. The Bertz CT molecular complexity index is 402. The van der Waals surface area contributed by atoms with Crippen LogP contribution in [0.25, 0.3) is 0 Å². The first kappa shape index (κ1) is 15.7. The van der Waals surface area contributed by atoms with Gasteiger partial charge in [-0.2, -0.15) is 0 Å². The third kappa shape index (κ3) is 4.58. The lowest BCUT2D eigenvalue weighted by molar-refractivity contribution is -0.884. The standard InChI is InChI=1S/C11H17N2O3.ClH/c1-13(2,3)8-9-5-6-11(16-4)10(7-9)12(14)15;/h5-7H,8H2,1-4H3;1H/q+1;/p-1. The molecule has 1 aromatic carbocycles. The van der Waals surface area contributed by atoms with Crippen molar-refractivity contribution in [1.82, 2.24) is 0 Å². The van der Waals surface area contributed by atoms with Gasteiger partial charge in [-0.15, -0.1) is 0 Å². The SMILES string of the molecule is COc1ccc(C[N+](C)(C)C)cc1[N+](=O)[O-].[Cl-]. The van der Waals surface area contributed by atoms with Gasteiger partial charge in [0.15, 0.2) is 5.75 Å².